The first-order valence-corrected chi connectivity index (χ1v) is 10.1. The normalized spacial score (nSPS) is 20.8. The second-order valence-electron chi connectivity index (χ2n) is 6.67. The monoisotopic (exact) mass is 396 g/mol. The molecule has 2 aliphatic rings. The highest BCUT2D eigenvalue weighted by Crippen LogP contribution is 2.36. The Morgan fingerprint density at radius 3 is 2.36 bits per heavy atom. The number of hydrogen-bond acceptors (Lipinski definition) is 3. The molecule has 0 atom stereocenters. The van der Waals surface area contributed by atoms with E-state index in [2.05, 4.69) is 5.32 Å². The van der Waals surface area contributed by atoms with Crippen molar-refractivity contribution >= 4 is 21.6 Å². The number of nitrogens with one attached hydrogen (secondary N) is 1. The fraction of sp³-hybridized carbons (Fsp3) is 0.625. The number of piperidine rings is 1. The quantitative estimate of drug-likeness (QED) is 0.828. The Bertz CT molecular complexity index is 727. The Hall–Kier alpha value is -0.830. The minimum Gasteiger partial charge on any atom is -0.314 e. The van der Waals surface area contributed by atoms with Crippen molar-refractivity contribution in [2.45, 2.75) is 42.8 Å². The van der Waals surface area contributed by atoms with Gasteiger partial charge in [0.05, 0.1) is 15.5 Å². The molecule has 1 aromatic rings. The van der Waals surface area contributed by atoms with E-state index >= 15 is 0 Å². The lowest BCUT2D eigenvalue weighted by Crippen LogP contribution is -2.45. The summed E-state index contributed by atoms with van der Waals surface area (Å²) in [6, 6.07) is 3.00. The van der Waals surface area contributed by atoms with Gasteiger partial charge in [-0.2, -0.15) is 17.5 Å². The Balaban J connectivity index is 1.69. The number of sulfonamides is 1. The lowest BCUT2D eigenvalue weighted by molar-refractivity contribution is -0.137. The number of nitrogens with zero attached hydrogens (tertiary/aromatic N) is 1. The van der Waals surface area contributed by atoms with Crippen molar-refractivity contribution < 1.29 is 21.6 Å². The molecular formula is C16H20ClF3N2O2S. The zero-order chi connectivity index (χ0) is 18.2. The maximum absolute atomic E-state index is 13.0. The fourth-order valence-electron chi connectivity index (χ4n) is 2.99. The van der Waals surface area contributed by atoms with Crippen LogP contribution in [0.1, 0.15) is 31.2 Å². The van der Waals surface area contributed by atoms with Crippen molar-refractivity contribution in [2.24, 2.45) is 5.92 Å². The van der Waals surface area contributed by atoms with Gasteiger partial charge in [-0.3, -0.25) is 0 Å². The first-order chi connectivity index (χ1) is 11.7. The van der Waals surface area contributed by atoms with E-state index < -0.39 is 26.8 Å². The Kier molecular flexibility index (Phi) is 5.35. The summed E-state index contributed by atoms with van der Waals surface area (Å²) in [6.45, 7) is 1.56. The minimum absolute atomic E-state index is 0.267. The molecule has 0 radical (unpaired) electrons. The van der Waals surface area contributed by atoms with Crippen LogP contribution in [-0.4, -0.2) is 38.4 Å². The van der Waals surface area contributed by atoms with Crippen LogP contribution in [-0.2, 0) is 16.2 Å². The van der Waals surface area contributed by atoms with Gasteiger partial charge in [-0.1, -0.05) is 11.6 Å². The highest BCUT2D eigenvalue weighted by molar-refractivity contribution is 7.89. The van der Waals surface area contributed by atoms with Crippen LogP contribution in [0.25, 0.3) is 0 Å². The van der Waals surface area contributed by atoms with Crippen molar-refractivity contribution in [1.82, 2.24) is 9.62 Å². The predicted octanol–water partition coefficient (Wildman–Crippen LogP) is 3.51. The standard InChI is InChI=1S/C16H20ClF3N2O2S/c17-15-4-3-13(9-14(15)16(18,19)20)25(23,24)22-7-5-12(6-8-22)21-10-11-1-2-11/h3-4,9,11-12,21H,1-2,5-8,10H2. The number of halogens is 4. The van der Waals surface area contributed by atoms with E-state index in [0.717, 1.165) is 24.6 Å². The lowest BCUT2D eigenvalue weighted by atomic mass is 10.1. The van der Waals surface area contributed by atoms with Crippen LogP contribution < -0.4 is 5.32 Å². The summed E-state index contributed by atoms with van der Waals surface area (Å²) in [6.07, 6.45) is -0.879. The van der Waals surface area contributed by atoms with Crippen LogP contribution in [0.2, 0.25) is 5.02 Å². The van der Waals surface area contributed by atoms with E-state index in [0.29, 0.717) is 32.0 Å². The summed E-state index contributed by atoms with van der Waals surface area (Å²) in [5.74, 6) is 0.747. The maximum atomic E-state index is 13.0. The number of benzene rings is 1. The van der Waals surface area contributed by atoms with Gasteiger partial charge in [0.25, 0.3) is 0 Å². The van der Waals surface area contributed by atoms with E-state index in [1.807, 2.05) is 0 Å². The molecular weight excluding hydrogens is 377 g/mol. The summed E-state index contributed by atoms with van der Waals surface area (Å²) < 4.78 is 65.5. The van der Waals surface area contributed by atoms with E-state index in [9.17, 15) is 21.6 Å². The predicted molar refractivity (Wildman–Crippen MR) is 89.0 cm³/mol. The molecule has 25 heavy (non-hydrogen) atoms. The van der Waals surface area contributed by atoms with Gasteiger partial charge in [-0.05, 0) is 56.3 Å². The van der Waals surface area contributed by atoms with Gasteiger partial charge < -0.3 is 5.32 Å². The van der Waals surface area contributed by atoms with Crippen LogP contribution in [0.4, 0.5) is 13.2 Å². The first-order valence-electron chi connectivity index (χ1n) is 8.28. The molecule has 0 unspecified atom stereocenters. The molecule has 4 nitrogen and oxygen atoms in total. The average Bonchev–Trinajstić information content (AvgIpc) is 3.37. The van der Waals surface area contributed by atoms with Crippen LogP contribution in [0.15, 0.2) is 23.1 Å². The summed E-state index contributed by atoms with van der Waals surface area (Å²) in [5, 5.41) is 2.94. The van der Waals surface area contributed by atoms with Gasteiger partial charge in [0, 0.05) is 19.1 Å². The molecule has 3 rings (SSSR count). The zero-order valence-electron chi connectivity index (χ0n) is 13.5. The molecule has 1 aliphatic heterocycles. The average molecular weight is 397 g/mol. The summed E-state index contributed by atoms with van der Waals surface area (Å²) in [5.41, 5.74) is -1.13. The Labute approximate surface area is 150 Å². The largest absolute Gasteiger partial charge is 0.417 e. The topological polar surface area (TPSA) is 49.4 Å². The van der Waals surface area contributed by atoms with Crippen molar-refractivity contribution in [3.05, 3.63) is 28.8 Å². The SMILES string of the molecule is O=S(=O)(c1ccc(Cl)c(C(F)(F)F)c1)N1CCC(NCC2CC2)CC1. The van der Waals surface area contributed by atoms with Crippen LogP contribution in [0, 0.1) is 5.92 Å². The third-order valence-corrected chi connectivity index (χ3v) is 6.95. The molecule has 1 saturated heterocycles. The third kappa shape index (κ3) is 4.48. The van der Waals surface area contributed by atoms with Gasteiger partial charge in [0.2, 0.25) is 10.0 Å². The molecule has 1 heterocycles. The van der Waals surface area contributed by atoms with Crippen molar-refractivity contribution in [1.29, 1.82) is 0 Å². The Morgan fingerprint density at radius 2 is 1.80 bits per heavy atom. The highest BCUT2D eigenvalue weighted by Gasteiger charge is 2.36. The molecule has 0 amide bonds. The van der Waals surface area contributed by atoms with Crippen molar-refractivity contribution in [3.8, 4) is 0 Å². The van der Waals surface area contributed by atoms with E-state index in [1.54, 1.807) is 0 Å². The summed E-state index contributed by atoms with van der Waals surface area (Å²) in [4.78, 5) is -0.367. The number of alkyl halides is 3. The van der Waals surface area contributed by atoms with Gasteiger partial charge in [0.1, 0.15) is 0 Å². The number of rotatable bonds is 5. The molecule has 0 bridgehead atoms. The fourth-order valence-corrected chi connectivity index (χ4v) is 4.71. The van der Waals surface area contributed by atoms with Gasteiger partial charge in [-0.15, -0.1) is 0 Å². The molecule has 0 spiro atoms. The lowest BCUT2D eigenvalue weighted by Gasteiger charge is -2.32. The van der Waals surface area contributed by atoms with E-state index in [1.165, 1.54) is 17.1 Å². The van der Waals surface area contributed by atoms with Crippen molar-refractivity contribution in [3.63, 3.8) is 0 Å². The van der Waals surface area contributed by atoms with Gasteiger partial charge in [0.15, 0.2) is 0 Å². The second kappa shape index (κ2) is 7.06. The third-order valence-electron chi connectivity index (χ3n) is 4.73. The smallest absolute Gasteiger partial charge is 0.314 e. The van der Waals surface area contributed by atoms with Crippen molar-refractivity contribution in [2.75, 3.05) is 19.6 Å². The van der Waals surface area contributed by atoms with Gasteiger partial charge in [-0.25, -0.2) is 8.42 Å². The minimum atomic E-state index is -4.69. The van der Waals surface area contributed by atoms with Crippen LogP contribution >= 0.6 is 11.6 Å². The van der Waals surface area contributed by atoms with Gasteiger partial charge >= 0.3 is 6.18 Å². The molecule has 1 saturated carbocycles. The number of hydrogen-bond donors (Lipinski definition) is 1. The molecule has 0 aromatic heterocycles. The van der Waals surface area contributed by atoms with E-state index in [4.69, 9.17) is 11.6 Å². The molecule has 1 N–H and O–H groups in total. The molecule has 9 heteroatoms. The van der Waals surface area contributed by atoms with Crippen LogP contribution in [0.3, 0.4) is 0 Å². The molecule has 1 aliphatic carbocycles. The second-order valence-corrected chi connectivity index (χ2v) is 9.01. The van der Waals surface area contributed by atoms with Crippen LogP contribution in [0.5, 0.6) is 0 Å². The molecule has 1 aromatic carbocycles. The highest BCUT2D eigenvalue weighted by atomic mass is 35.5. The van der Waals surface area contributed by atoms with E-state index in [-0.39, 0.29) is 10.9 Å². The maximum Gasteiger partial charge on any atom is 0.417 e. The first kappa shape index (κ1) is 18.9. The molecule has 2 fully saturated rings. The Morgan fingerprint density at radius 1 is 1.16 bits per heavy atom. The summed E-state index contributed by atoms with van der Waals surface area (Å²) in [7, 11) is -3.96. The molecule has 140 valence electrons. The summed E-state index contributed by atoms with van der Waals surface area (Å²) >= 11 is 5.56. The zero-order valence-corrected chi connectivity index (χ0v) is 15.1.